The van der Waals surface area contributed by atoms with Crippen LogP contribution in [0.5, 0.6) is 0 Å². The van der Waals surface area contributed by atoms with Crippen LogP contribution in [-0.2, 0) is 4.79 Å². The van der Waals surface area contributed by atoms with E-state index >= 15 is 0 Å². The van der Waals surface area contributed by atoms with Gasteiger partial charge in [0.1, 0.15) is 6.54 Å². The zero-order valence-electron chi connectivity index (χ0n) is 13.2. The molecule has 0 unspecified atom stereocenters. The van der Waals surface area contributed by atoms with Gasteiger partial charge >= 0.3 is 0 Å². The van der Waals surface area contributed by atoms with E-state index in [1.54, 1.807) is 24.3 Å². The molecule has 5 heteroatoms. The summed E-state index contributed by atoms with van der Waals surface area (Å²) in [5.41, 5.74) is 0.771. The highest BCUT2D eigenvalue weighted by Gasteiger charge is 2.36. The molecule has 1 N–H and O–H groups in total. The topological polar surface area (TPSA) is 66.5 Å². The van der Waals surface area contributed by atoms with Crippen molar-refractivity contribution in [1.82, 2.24) is 10.2 Å². The highest BCUT2D eigenvalue weighted by molar-refractivity contribution is 6.22. The lowest BCUT2D eigenvalue weighted by atomic mass is 9.97. The number of carbonyl (C=O) groups is 3. The van der Waals surface area contributed by atoms with Gasteiger partial charge in [0.25, 0.3) is 11.8 Å². The second kappa shape index (κ2) is 6.94. The third-order valence-corrected chi connectivity index (χ3v) is 4.65. The van der Waals surface area contributed by atoms with Crippen molar-refractivity contribution in [2.45, 2.75) is 51.0 Å². The number of carbonyl (C=O) groups excluding carboxylic acids is 3. The number of hydrogen-bond acceptors (Lipinski definition) is 3. The summed E-state index contributed by atoms with van der Waals surface area (Å²) in [4.78, 5) is 37.8. The van der Waals surface area contributed by atoms with Gasteiger partial charge in [-0.1, -0.05) is 44.2 Å². The Balaban J connectivity index is 1.60. The standard InChI is InChI=1S/C18H22N2O3/c21-16(19-13-8-4-2-1-3-5-9-13)12-20-17(22)14-10-6-7-11-15(14)18(20)23/h6-7,10-11,13H,1-5,8-9,12H2,(H,19,21). The van der Waals surface area contributed by atoms with Gasteiger partial charge in [-0.25, -0.2) is 0 Å². The molecule has 0 aromatic heterocycles. The molecule has 0 bridgehead atoms. The normalized spacial score (nSPS) is 19.2. The first kappa shape index (κ1) is 15.7. The van der Waals surface area contributed by atoms with Gasteiger partial charge in [-0.05, 0) is 25.0 Å². The number of hydrogen-bond donors (Lipinski definition) is 1. The van der Waals surface area contributed by atoms with Crippen molar-refractivity contribution < 1.29 is 14.4 Å². The second-order valence-electron chi connectivity index (χ2n) is 6.35. The fourth-order valence-corrected chi connectivity index (χ4v) is 3.40. The molecule has 1 heterocycles. The van der Waals surface area contributed by atoms with Crippen molar-refractivity contribution in [1.29, 1.82) is 0 Å². The summed E-state index contributed by atoms with van der Waals surface area (Å²) in [6.45, 7) is -0.192. The third kappa shape index (κ3) is 3.44. The predicted octanol–water partition coefficient (Wildman–Crippen LogP) is 2.51. The molecule has 2 aliphatic rings. The average Bonchev–Trinajstić information content (AvgIpc) is 2.75. The van der Waals surface area contributed by atoms with E-state index in [2.05, 4.69) is 5.32 Å². The van der Waals surface area contributed by atoms with E-state index < -0.39 is 0 Å². The van der Waals surface area contributed by atoms with E-state index in [1.165, 1.54) is 19.3 Å². The Morgan fingerprint density at radius 3 is 2.04 bits per heavy atom. The monoisotopic (exact) mass is 314 g/mol. The molecule has 122 valence electrons. The van der Waals surface area contributed by atoms with E-state index in [9.17, 15) is 14.4 Å². The van der Waals surface area contributed by atoms with Crippen LogP contribution in [0.2, 0.25) is 0 Å². The van der Waals surface area contributed by atoms with Gasteiger partial charge in [0.15, 0.2) is 0 Å². The number of nitrogens with one attached hydrogen (secondary N) is 1. The van der Waals surface area contributed by atoms with E-state index in [1.807, 2.05) is 0 Å². The highest BCUT2D eigenvalue weighted by Crippen LogP contribution is 2.22. The summed E-state index contributed by atoms with van der Waals surface area (Å²) < 4.78 is 0. The van der Waals surface area contributed by atoms with Crippen molar-refractivity contribution in [2.24, 2.45) is 0 Å². The first-order valence-corrected chi connectivity index (χ1v) is 8.41. The van der Waals surface area contributed by atoms with E-state index in [4.69, 9.17) is 0 Å². The van der Waals surface area contributed by atoms with E-state index in [-0.39, 0.29) is 30.3 Å². The predicted molar refractivity (Wildman–Crippen MR) is 86.1 cm³/mol. The van der Waals surface area contributed by atoms with Crippen molar-refractivity contribution in [3.8, 4) is 0 Å². The van der Waals surface area contributed by atoms with Crippen LogP contribution >= 0.6 is 0 Å². The molecule has 0 atom stereocenters. The minimum Gasteiger partial charge on any atom is -0.352 e. The number of imide groups is 1. The summed E-state index contributed by atoms with van der Waals surface area (Å²) in [6, 6.07) is 6.87. The smallest absolute Gasteiger partial charge is 0.262 e. The molecular formula is C18H22N2O3. The van der Waals surface area contributed by atoms with Crippen LogP contribution in [0.3, 0.4) is 0 Å². The van der Waals surface area contributed by atoms with Crippen molar-refractivity contribution in [3.05, 3.63) is 35.4 Å². The molecule has 23 heavy (non-hydrogen) atoms. The van der Waals surface area contributed by atoms with Gasteiger partial charge in [-0.2, -0.15) is 0 Å². The Morgan fingerprint density at radius 2 is 1.48 bits per heavy atom. The molecule has 5 nitrogen and oxygen atoms in total. The van der Waals surface area contributed by atoms with E-state index in [0.717, 1.165) is 30.6 Å². The molecule has 1 fully saturated rings. The van der Waals surface area contributed by atoms with Crippen LogP contribution in [-0.4, -0.2) is 35.2 Å². The molecule has 0 radical (unpaired) electrons. The van der Waals surface area contributed by atoms with Crippen LogP contribution in [0.4, 0.5) is 0 Å². The summed E-state index contributed by atoms with van der Waals surface area (Å²) in [6.07, 6.45) is 7.91. The Labute approximate surface area is 136 Å². The van der Waals surface area contributed by atoms with Gasteiger partial charge in [0.05, 0.1) is 11.1 Å². The maximum Gasteiger partial charge on any atom is 0.262 e. The Kier molecular flexibility index (Phi) is 4.74. The zero-order valence-corrected chi connectivity index (χ0v) is 13.2. The lowest BCUT2D eigenvalue weighted by Crippen LogP contribution is -2.44. The number of rotatable bonds is 3. The van der Waals surface area contributed by atoms with E-state index in [0.29, 0.717) is 11.1 Å². The quantitative estimate of drug-likeness (QED) is 0.872. The fraction of sp³-hybridized carbons (Fsp3) is 0.500. The maximum atomic E-state index is 12.3. The third-order valence-electron chi connectivity index (χ3n) is 4.65. The molecule has 0 spiro atoms. The summed E-state index contributed by atoms with van der Waals surface area (Å²) >= 11 is 0. The lowest BCUT2D eigenvalue weighted by molar-refractivity contribution is -0.122. The minimum atomic E-state index is -0.376. The van der Waals surface area contributed by atoms with Crippen LogP contribution in [0.25, 0.3) is 0 Å². The molecule has 3 rings (SSSR count). The molecule has 1 saturated carbocycles. The SMILES string of the molecule is O=C(CN1C(=O)c2ccccc2C1=O)NC1CCCCCCC1. The second-order valence-corrected chi connectivity index (χ2v) is 6.35. The minimum absolute atomic E-state index is 0.165. The molecule has 1 aliphatic heterocycles. The number of fused-ring (bicyclic) bond motifs is 1. The Bertz CT molecular complexity index is 583. The number of benzene rings is 1. The molecule has 3 amide bonds. The average molecular weight is 314 g/mol. The maximum absolute atomic E-state index is 12.3. The van der Waals surface area contributed by atoms with Gasteiger partial charge in [0, 0.05) is 6.04 Å². The lowest BCUT2D eigenvalue weighted by Gasteiger charge is -2.22. The van der Waals surface area contributed by atoms with Gasteiger partial charge in [0.2, 0.25) is 5.91 Å². The van der Waals surface area contributed by atoms with Gasteiger partial charge < -0.3 is 5.32 Å². The molecule has 0 saturated heterocycles. The molecule has 1 aromatic carbocycles. The van der Waals surface area contributed by atoms with Crippen LogP contribution in [0.1, 0.15) is 65.7 Å². The Hall–Kier alpha value is -2.17. The Morgan fingerprint density at radius 1 is 0.957 bits per heavy atom. The fourth-order valence-electron chi connectivity index (χ4n) is 3.40. The summed E-state index contributed by atoms with van der Waals surface area (Å²) in [5, 5.41) is 3.00. The number of nitrogens with zero attached hydrogens (tertiary/aromatic N) is 1. The number of amides is 3. The van der Waals surface area contributed by atoms with Crippen molar-refractivity contribution in [3.63, 3.8) is 0 Å². The first-order valence-electron chi connectivity index (χ1n) is 8.41. The molecular weight excluding hydrogens is 292 g/mol. The first-order chi connectivity index (χ1) is 11.2. The van der Waals surface area contributed by atoms with Gasteiger partial charge in [-0.15, -0.1) is 0 Å². The molecule has 1 aromatic rings. The molecule has 1 aliphatic carbocycles. The van der Waals surface area contributed by atoms with Crippen LogP contribution in [0, 0.1) is 0 Å². The van der Waals surface area contributed by atoms with Gasteiger partial charge in [-0.3, -0.25) is 19.3 Å². The summed E-state index contributed by atoms with van der Waals surface area (Å²) in [7, 11) is 0. The van der Waals surface area contributed by atoms with Crippen molar-refractivity contribution >= 4 is 17.7 Å². The van der Waals surface area contributed by atoms with Crippen molar-refractivity contribution in [2.75, 3.05) is 6.54 Å². The van der Waals surface area contributed by atoms with Crippen LogP contribution < -0.4 is 5.32 Å². The largest absolute Gasteiger partial charge is 0.352 e. The zero-order chi connectivity index (χ0) is 16.2. The highest BCUT2D eigenvalue weighted by atomic mass is 16.2. The van der Waals surface area contributed by atoms with Crippen LogP contribution in [0.15, 0.2) is 24.3 Å². The summed E-state index contributed by atoms with van der Waals surface area (Å²) in [5.74, 6) is -0.998.